The van der Waals surface area contributed by atoms with Crippen molar-refractivity contribution >= 4 is 17.9 Å². The van der Waals surface area contributed by atoms with Crippen molar-refractivity contribution in [2.45, 2.75) is 18.9 Å². The Morgan fingerprint density at radius 2 is 1.95 bits per heavy atom. The second-order valence-corrected chi connectivity index (χ2v) is 4.34. The largest absolute Gasteiger partial charge is 0.480 e. The van der Waals surface area contributed by atoms with Gasteiger partial charge < -0.3 is 10.4 Å². The summed E-state index contributed by atoms with van der Waals surface area (Å²) in [4.78, 5) is 35.6. The summed E-state index contributed by atoms with van der Waals surface area (Å²) in [6, 6.07) is 8.16. The Bertz CT molecular complexity index is 529. The predicted molar refractivity (Wildman–Crippen MR) is 66.3 cm³/mol. The van der Waals surface area contributed by atoms with E-state index in [-0.39, 0.29) is 0 Å². The van der Waals surface area contributed by atoms with Gasteiger partial charge >= 0.3 is 12.0 Å². The maximum absolute atomic E-state index is 12.4. The van der Waals surface area contributed by atoms with Crippen LogP contribution in [0.4, 0.5) is 4.79 Å². The maximum Gasteiger partial charge on any atom is 0.325 e. The third-order valence-electron chi connectivity index (χ3n) is 3.27. The van der Waals surface area contributed by atoms with Gasteiger partial charge in [-0.2, -0.15) is 0 Å². The van der Waals surface area contributed by atoms with Gasteiger partial charge in [-0.3, -0.25) is 14.5 Å². The third kappa shape index (κ3) is 2.05. The molecular formula is C13H14N2O4. The van der Waals surface area contributed by atoms with Crippen LogP contribution in [0.3, 0.4) is 0 Å². The van der Waals surface area contributed by atoms with Crippen molar-refractivity contribution in [1.82, 2.24) is 10.2 Å². The summed E-state index contributed by atoms with van der Waals surface area (Å²) in [5.41, 5.74) is -0.503. The number of aliphatic carboxylic acids is 1. The molecule has 0 spiro atoms. The van der Waals surface area contributed by atoms with Crippen molar-refractivity contribution in [2.24, 2.45) is 0 Å². The molecule has 1 aliphatic rings. The van der Waals surface area contributed by atoms with Crippen LogP contribution in [0.15, 0.2) is 30.3 Å². The molecule has 6 heteroatoms. The molecule has 1 fully saturated rings. The average molecular weight is 262 g/mol. The zero-order valence-electron chi connectivity index (χ0n) is 10.4. The number of hydrogen-bond acceptors (Lipinski definition) is 3. The molecule has 1 aromatic rings. The lowest BCUT2D eigenvalue weighted by atomic mass is 9.87. The van der Waals surface area contributed by atoms with E-state index in [9.17, 15) is 14.4 Å². The van der Waals surface area contributed by atoms with Crippen LogP contribution >= 0.6 is 0 Å². The summed E-state index contributed by atoms with van der Waals surface area (Å²) in [7, 11) is 0. The maximum atomic E-state index is 12.4. The Hall–Kier alpha value is -2.37. The smallest absolute Gasteiger partial charge is 0.325 e. The molecule has 0 aliphatic carbocycles. The molecule has 19 heavy (non-hydrogen) atoms. The van der Waals surface area contributed by atoms with E-state index in [2.05, 4.69) is 5.32 Å². The van der Waals surface area contributed by atoms with Crippen LogP contribution in [0.2, 0.25) is 0 Å². The van der Waals surface area contributed by atoms with Crippen molar-refractivity contribution in [2.75, 3.05) is 6.54 Å². The minimum atomic E-state index is -1.22. The Morgan fingerprint density at radius 3 is 2.47 bits per heavy atom. The zero-order chi connectivity index (χ0) is 14.0. The molecule has 3 amide bonds. The van der Waals surface area contributed by atoms with E-state index in [1.54, 1.807) is 31.2 Å². The number of carboxylic acid groups (broad SMARTS) is 1. The van der Waals surface area contributed by atoms with Gasteiger partial charge in [0.05, 0.1) is 0 Å². The van der Waals surface area contributed by atoms with Crippen molar-refractivity contribution in [3.63, 3.8) is 0 Å². The quantitative estimate of drug-likeness (QED) is 0.790. The zero-order valence-corrected chi connectivity index (χ0v) is 10.4. The Morgan fingerprint density at radius 1 is 1.32 bits per heavy atom. The van der Waals surface area contributed by atoms with E-state index < -0.39 is 30.0 Å². The van der Waals surface area contributed by atoms with E-state index in [1.165, 1.54) is 0 Å². The van der Waals surface area contributed by atoms with E-state index in [0.717, 1.165) is 4.90 Å². The van der Waals surface area contributed by atoms with E-state index in [1.807, 2.05) is 6.07 Å². The highest BCUT2D eigenvalue weighted by atomic mass is 16.4. The summed E-state index contributed by atoms with van der Waals surface area (Å²) in [6.07, 6.45) is 0.359. The van der Waals surface area contributed by atoms with Crippen LogP contribution in [0.25, 0.3) is 0 Å². The summed E-state index contributed by atoms with van der Waals surface area (Å²) >= 11 is 0. The van der Waals surface area contributed by atoms with Crippen LogP contribution in [-0.4, -0.2) is 34.5 Å². The predicted octanol–water partition coefficient (Wildman–Crippen LogP) is 0.928. The Kier molecular flexibility index (Phi) is 3.25. The van der Waals surface area contributed by atoms with Crippen LogP contribution in [0.1, 0.15) is 18.9 Å². The lowest BCUT2D eigenvalue weighted by molar-refractivity contribution is -0.143. The normalized spacial score (nSPS) is 22.5. The molecular weight excluding hydrogens is 248 g/mol. The molecule has 2 N–H and O–H groups in total. The SMILES string of the molecule is CC[C@]1(c2ccccc2)NC(=O)N(CC(=O)O)C1=O. The lowest BCUT2D eigenvalue weighted by Crippen LogP contribution is -2.43. The monoisotopic (exact) mass is 262 g/mol. The fraction of sp³-hybridized carbons (Fsp3) is 0.308. The molecule has 0 aromatic heterocycles. The van der Waals surface area contributed by atoms with Crippen LogP contribution in [0, 0.1) is 0 Å². The van der Waals surface area contributed by atoms with Crippen LogP contribution < -0.4 is 5.32 Å². The number of nitrogens with zero attached hydrogens (tertiary/aromatic N) is 1. The van der Waals surface area contributed by atoms with E-state index >= 15 is 0 Å². The summed E-state index contributed by atoms with van der Waals surface area (Å²) in [5, 5.41) is 11.4. The fourth-order valence-electron chi connectivity index (χ4n) is 2.27. The number of benzene rings is 1. The van der Waals surface area contributed by atoms with Gasteiger partial charge in [0.1, 0.15) is 12.1 Å². The number of rotatable bonds is 4. The van der Waals surface area contributed by atoms with Gasteiger partial charge in [-0.05, 0) is 12.0 Å². The number of urea groups is 1. The van der Waals surface area contributed by atoms with Gasteiger partial charge in [0.15, 0.2) is 0 Å². The van der Waals surface area contributed by atoms with Gasteiger partial charge in [0, 0.05) is 0 Å². The lowest BCUT2D eigenvalue weighted by Gasteiger charge is -2.25. The number of amides is 3. The molecule has 1 aromatic carbocycles. The number of imide groups is 1. The van der Waals surface area contributed by atoms with Crippen molar-refractivity contribution in [1.29, 1.82) is 0 Å². The van der Waals surface area contributed by atoms with Gasteiger partial charge in [0.25, 0.3) is 5.91 Å². The van der Waals surface area contributed by atoms with Crippen molar-refractivity contribution < 1.29 is 19.5 Å². The van der Waals surface area contributed by atoms with Crippen LogP contribution in [0.5, 0.6) is 0 Å². The minimum absolute atomic E-state index is 0.359. The first kappa shape index (κ1) is 13.1. The first-order chi connectivity index (χ1) is 9.01. The van der Waals surface area contributed by atoms with Crippen molar-refractivity contribution in [3.8, 4) is 0 Å². The van der Waals surface area contributed by atoms with Gasteiger partial charge in [-0.1, -0.05) is 37.3 Å². The van der Waals surface area contributed by atoms with Gasteiger partial charge in [-0.25, -0.2) is 4.79 Å². The third-order valence-corrected chi connectivity index (χ3v) is 3.27. The highest BCUT2D eigenvalue weighted by Gasteiger charge is 2.51. The first-order valence-electron chi connectivity index (χ1n) is 5.92. The summed E-state index contributed by atoms with van der Waals surface area (Å²) in [5.74, 6) is -1.74. The second kappa shape index (κ2) is 4.72. The molecule has 1 aliphatic heterocycles. The summed E-state index contributed by atoms with van der Waals surface area (Å²) < 4.78 is 0. The molecule has 6 nitrogen and oxygen atoms in total. The second-order valence-electron chi connectivity index (χ2n) is 4.34. The fourth-order valence-corrected chi connectivity index (χ4v) is 2.27. The molecule has 0 saturated carbocycles. The molecule has 1 atom stereocenters. The average Bonchev–Trinajstić information content (AvgIpc) is 2.64. The number of hydrogen-bond donors (Lipinski definition) is 2. The molecule has 1 saturated heterocycles. The van der Waals surface area contributed by atoms with Gasteiger partial charge in [0.2, 0.25) is 0 Å². The first-order valence-corrected chi connectivity index (χ1v) is 5.92. The summed E-state index contributed by atoms with van der Waals surface area (Å²) in [6.45, 7) is 1.15. The van der Waals surface area contributed by atoms with Crippen molar-refractivity contribution in [3.05, 3.63) is 35.9 Å². The minimum Gasteiger partial charge on any atom is -0.480 e. The molecule has 0 bridgehead atoms. The van der Waals surface area contributed by atoms with Crippen LogP contribution in [-0.2, 0) is 15.1 Å². The number of carbonyl (C=O) groups is 3. The van der Waals surface area contributed by atoms with E-state index in [4.69, 9.17) is 5.11 Å². The topological polar surface area (TPSA) is 86.7 Å². The standard InChI is InChI=1S/C13H14N2O4/c1-2-13(9-6-4-3-5-7-9)11(18)15(8-10(16)17)12(19)14-13/h3-7H,2,8H2,1H3,(H,14,19)(H,16,17)/t13-/m1/s1. The number of carboxylic acids is 1. The molecule has 100 valence electrons. The molecule has 2 rings (SSSR count). The highest BCUT2D eigenvalue weighted by molar-refractivity contribution is 6.08. The molecule has 0 unspecified atom stereocenters. The number of nitrogens with one attached hydrogen (secondary N) is 1. The highest BCUT2D eigenvalue weighted by Crippen LogP contribution is 2.31. The van der Waals surface area contributed by atoms with Gasteiger partial charge in [-0.15, -0.1) is 0 Å². The molecule has 1 heterocycles. The Balaban J connectivity index is 2.41. The molecule has 0 radical (unpaired) electrons. The Labute approximate surface area is 110 Å². The number of carbonyl (C=O) groups excluding carboxylic acids is 2. The van der Waals surface area contributed by atoms with E-state index in [0.29, 0.717) is 12.0 Å².